The second-order valence-corrected chi connectivity index (χ2v) is 6.85. The van der Waals surface area contributed by atoms with Crippen molar-refractivity contribution in [3.63, 3.8) is 0 Å². The molecule has 1 heterocycles. The first-order chi connectivity index (χ1) is 6.82. The lowest BCUT2D eigenvalue weighted by Crippen LogP contribution is -2.66. The molecule has 1 aliphatic heterocycles. The summed E-state index contributed by atoms with van der Waals surface area (Å²) >= 11 is 0. The van der Waals surface area contributed by atoms with E-state index in [4.69, 9.17) is 0 Å². The smallest absolute Gasteiger partial charge is 0.266 e. The van der Waals surface area contributed by atoms with Gasteiger partial charge >= 0.3 is 15.6 Å². The highest BCUT2D eigenvalue weighted by Gasteiger charge is 2.83. The number of rotatable bonds is 0. The van der Waals surface area contributed by atoms with E-state index >= 15 is 0 Å². The van der Waals surface area contributed by atoms with Crippen molar-refractivity contribution in [2.45, 2.75) is 23.1 Å². The van der Waals surface area contributed by atoms with E-state index in [1.54, 1.807) is 0 Å². The molecule has 11 heteroatoms. The first-order valence-corrected chi connectivity index (χ1v) is 6.10. The van der Waals surface area contributed by atoms with E-state index < -0.39 is 41.3 Å². The van der Waals surface area contributed by atoms with E-state index in [-0.39, 0.29) is 6.92 Å². The molecule has 0 aromatic rings. The van der Waals surface area contributed by atoms with Crippen LogP contribution >= 0.6 is 0 Å². The Morgan fingerprint density at radius 3 is 1.88 bits per heavy atom. The number of carbonyl (C=O) groups excluding carboxylic acids is 1. The molecule has 1 saturated heterocycles. The third kappa shape index (κ3) is 1.15. The maximum atomic E-state index is 13.1. The first kappa shape index (κ1) is 13.5. The van der Waals surface area contributed by atoms with E-state index in [1.165, 1.54) is 0 Å². The summed E-state index contributed by atoms with van der Waals surface area (Å²) in [4.78, 5) is 10.6. The van der Waals surface area contributed by atoms with Crippen molar-refractivity contribution in [2.24, 2.45) is 0 Å². The minimum absolute atomic E-state index is 0.219. The third-order valence-electron chi connectivity index (χ3n) is 1.98. The summed E-state index contributed by atoms with van der Waals surface area (Å²) in [5.74, 6) is -5.75. The standard InChI is InChI=1S/C5H3F5O4S2/c1-3(6)4(7,8)5(9,10)16(13,14)2(11)15(3)12/h1H3/t3?,15-/m0/s1. The van der Waals surface area contributed by atoms with Gasteiger partial charge in [0.25, 0.3) is 14.8 Å². The van der Waals surface area contributed by atoms with E-state index in [0.29, 0.717) is 0 Å². The average Bonchev–Trinajstić information content (AvgIpc) is 2.12. The molecule has 0 amide bonds. The summed E-state index contributed by atoms with van der Waals surface area (Å²) in [7, 11) is -10.2. The minimum atomic E-state index is -6.33. The highest BCUT2D eigenvalue weighted by atomic mass is 32.3. The normalized spacial score (nSPS) is 40.6. The Morgan fingerprint density at radius 1 is 1.12 bits per heavy atom. The summed E-state index contributed by atoms with van der Waals surface area (Å²) in [6, 6.07) is 0. The van der Waals surface area contributed by atoms with Gasteiger partial charge in [-0.3, -0.25) is 4.79 Å². The topological polar surface area (TPSA) is 68.3 Å². The van der Waals surface area contributed by atoms with Gasteiger partial charge in [-0.1, -0.05) is 0 Å². The number of hydrogen-bond acceptors (Lipinski definition) is 4. The minimum Gasteiger partial charge on any atom is -0.266 e. The second-order valence-electron chi connectivity index (χ2n) is 3.03. The Morgan fingerprint density at radius 2 is 1.50 bits per heavy atom. The maximum Gasteiger partial charge on any atom is 0.419 e. The molecule has 0 aliphatic carbocycles. The zero-order chi connectivity index (χ0) is 13.2. The zero-order valence-corrected chi connectivity index (χ0v) is 8.97. The molecule has 4 nitrogen and oxygen atoms in total. The van der Waals surface area contributed by atoms with Gasteiger partial charge in [-0.2, -0.15) is 17.6 Å². The number of hydrogen-bond donors (Lipinski definition) is 0. The maximum absolute atomic E-state index is 13.1. The number of halogens is 5. The molecule has 0 N–H and O–H groups in total. The second kappa shape index (κ2) is 3.00. The molecular weight excluding hydrogens is 283 g/mol. The van der Waals surface area contributed by atoms with E-state index in [1.807, 2.05) is 0 Å². The molecule has 0 aromatic carbocycles. The van der Waals surface area contributed by atoms with Gasteiger partial charge < -0.3 is 0 Å². The van der Waals surface area contributed by atoms with E-state index in [0.717, 1.165) is 0 Å². The van der Waals surface area contributed by atoms with Crippen LogP contribution in [0.5, 0.6) is 0 Å². The molecule has 1 fully saturated rings. The molecule has 0 bridgehead atoms. The Bertz CT molecular complexity index is 479. The van der Waals surface area contributed by atoms with E-state index in [2.05, 4.69) is 0 Å². The fraction of sp³-hybridized carbons (Fsp3) is 0.800. The quantitative estimate of drug-likeness (QED) is 0.627. The fourth-order valence-electron chi connectivity index (χ4n) is 0.906. The number of alkyl halides is 5. The molecular formula is C5H3F5O4S2. The predicted octanol–water partition coefficient (Wildman–Crippen LogP) is 1.20. The molecule has 1 rings (SSSR count). The van der Waals surface area contributed by atoms with Gasteiger partial charge in [-0.25, -0.2) is 17.0 Å². The highest BCUT2D eigenvalue weighted by Crippen LogP contribution is 2.53. The first-order valence-electron chi connectivity index (χ1n) is 3.47. The lowest BCUT2D eigenvalue weighted by Gasteiger charge is -2.36. The Hall–Kier alpha value is -0.580. The molecule has 16 heavy (non-hydrogen) atoms. The van der Waals surface area contributed by atoms with Crippen LogP contribution in [0.2, 0.25) is 0 Å². The van der Waals surface area contributed by atoms with Gasteiger partial charge in [0.05, 0.1) is 0 Å². The van der Waals surface area contributed by atoms with Crippen LogP contribution in [0.3, 0.4) is 0 Å². The van der Waals surface area contributed by atoms with Crippen LogP contribution in [0, 0.1) is 0 Å². The zero-order valence-electron chi connectivity index (χ0n) is 7.34. The van der Waals surface area contributed by atoms with Gasteiger partial charge in [0.15, 0.2) is 0 Å². The lowest BCUT2D eigenvalue weighted by atomic mass is 10.2. The van der Waals surface area contributed by atoms with Crippen LogP contribution in [-0.4, -0.2) is 33.3 Å². The van der Waals surface area contributed by atoms with Crippen molar-refractivity contribution in [1.29, 1.82) is 0 Å². The molecule has 94 valence electrons. The van der Waals surface area contributed by atoms with Crippen molar-refractivity contribution < 1.29 is 39.4 Å². The molecule has 1 aliphatic rings. The van der Waals surface area contributed by atoms with Gasteiger partial charge in [-0.15, -0.1) is 0 Å². The monoisotopic (exact) mass is 286 g/mol. The Balaban J connectivity index is 3.68. The SMILES string of the molecule is CC1(F)[S@@](=O)C(=O)S(=O)(=O)C(F)(F)C1(F)F. The third-order valence-corrected chi connectivity index (χ3v) is 5.72. The van der Waals surface area contributed by atoms with Crippen molar-refractivity contribution in [2.75, 3.05) is 0 Å². The fourth-order valence-corrected chi connectivity index (χ4v) is 3.96. The summed E-state index contributed by atoms with van der Waals surface area (Å²) < 4.78 is 93.5. The number of carbonyl (C=O) groups is 1. The molecule has 0 aromatic heterocycles. The van der Waals surface area contributed by atoms with Crippen LogP contribution in [0.25, 0.3) is 0 Å². The lowest BCUT2D eigenvalue weighted by molar-refractivity contribution is -0.202. The van der Waals surface area contributed by atoms with Crippen molar-refractivity contribution >= 4 is 25.1 Å². The van der Waals surface area contributed by atoms with Crippen LogP contribution in [0.15, 0.2) is 0 Å². The van der Waals surface area contributed by atoms with Gasteiger partial charge in [-0.05, 0) is 6.92 Å². The molecule has 0 spiro atoms. The average molecular weight is 286 g/mol. The summed E-state index contributed by atoms with van der Waals surface area (Å²) in [6.07, 6.45) is 0. The summed E-state index contributed by atoms with van der Waals surface area (Å²) in [5, 5.41) is -10.4. The summed E-state index contributed by atoms with van der Waals surface area (Å²) in [5.41, 5.74) is 0. The van der Waals surface area contributed by atoms with Gasteiger partial charge in [0.2, 0.25) is 0 Å². The Labute approximate surface area is 88.2 Å². The van der Waals surface area contributed by atoms with Gasteiger partial charge in [0.1, 0.15) is 10.8 Å². The predicted molar refractivity (Wildman–Crippen MR) is 41.9 cm³/mol. The largest absolute Gasteiger partial charge is 0.419 e. The van der Waals surface area contributed by atoms with Crippen LogP contribution < -0.4 is 0 Å². The van der Waals surface area contributed by atoms with Crippen LogP contribution in [0.4, 0.5) is 26.7 Å². The molecule has 0 saturated carbocycles. The van der Waals surface area contributed by atoms with E-state index in [9.17, 15) is 39.4 Å². The number of sulfone groups is 1. The van der Waals surface area contributed by atoms with Crippen molar-refractivity contribution in [3.05, 3.63) is 0 Å². The molecule has 0 radical (unpaired) electrons. The van der Waals surface area contributed by atoms with Gasteiger partial charge in [0, 0.05) is 0 Å². The van der Waals surface area contributed by atoms with Crippen molar-refractivity contribution in [1.82, 2.24) is 0 Å². The van der Waals surface area contributed by atoms with Crippen LogP contribution in [-0.2, 0) is 20.6 Å². The summed E-state index contributed by atoms with van der Waals surface area (Å²) in [6.45, 7) is -0.219. The molecule has 1 unspecified atom stereocenters. The molecule has 2 atom stereocenters. The van der Waals surface area contributed by atoms with Crippen molar-refractivity contribution in [3.8, 4) is 0 Å². The Kier molecular flexibility index (Phi) is 2.53. The van der Waals surface area contributed by atoms with Crippen LogP contribution in [0.1, 0.15) is 6.92 Å². The highest BCUT2D eigenvalue weighted by molar-refractivity contribution is 8.29.